The SMILES string of the molecule is CC(C#N)CN(C)c1ccc(N)c2ccncc12. The third-order valence-electron chi connectivity index (χ3n) is 3.01. The summed E-state index contributed by atoms with van der Waals surface area (Å²) in [6, 6.07) is 8.03. The van der Waals surface area contributed by atoms with E-state index in [1.54, 1.807) is 6.20 Å². The zero-order valence-electron chi connectivity index (χ0n) is 10.6. The Morgan fingerprint density at radius 2 is 2.17 bits per heavy atom. The van der Waals surface area contributed by atoms with Gasteiger partial charge in [-0.2, -0.15) is 5.26 Å². The molecule has 2 rings (SSSR count). The number of pyridine rings is 1. The smallest absolute Gasteiger partial charge is 0.0671 e. The van der Waals surface area contributed by atoms with E-state index in [-0.39, 0.29) is 5.92 Å². The van der Waals surface area contributed by atoms with Crippen LogP contribution in [0.4, 0.5) is 11.4 Å². The van der Waals surface area contributed by atoms with Crippen molar-refractivity contribution in [2.45, 2.75) is 6.92 Å². The molecule has 0 fully saturated rings. The minimum Gasteiger partial charge on any atom is -0.398 e. The van der Waals surface area contributed by atoms with Gasteiger partial charge < -0.3 is 10.6 Å². The number of nitrogens with two attached hydrogens (primary N) is 1. The van der Waals surface area contributed by atoms with Gasteiger partial charge in [0.25, 0.3) is 0 Å². The van der Waals surface area contributed by atoms with E-state index in [1.165, 1.54) is 0 Å². The lowest BCUT2D eigenvalue weighted by molar-refractivity contribution is 0.718. The van der Waals surface area contributed by atoms with Crippen LogP contribution in [0.15, 0.2) is 30.6 Å². The molecule has 1 aromatic carbocycles. The van der Waals surface area contributed by atoms with Gasteiger partial charge in [0.05, 0.1) is 12.0 Å². The van der Waals surface area contributed by atoms with E-state index < -0.39 is 0 Å². The zero-order chi connectivity index (χ0) is 13.1. The van der Waals surface area contributed by atoms with Crippen molar-refractivity contribution in [3.8, 4) is 6.07 Å². The molecule has 2 aromatic rings. The molecule has 0 aliphatic rings. The van der Waals surface area contributed by atoms with Gasteiger partial charge in [0.2, 0.25) is 0 Å². The second kappa shape index (κ2) is 4.92. The van der Waals surface area contributed by atoms with Crippen LogP contribution in [0, 0.1) is 17.2 Å². The Morgan fingerprint density at radius 1 is 1.39 bits per heavy atom. The molecule has 1 unspecified atom stereocenters. The highest BCUT2D eigenvalue weighted by molar-refractivity contribution is 6.00. The summed E-state index contributed by atoms with van der Waals surface area (Å²) in [7, 11) is 1.98. The number of nitrogen functional groups attached to an aromatic ring is 1. The predicted molar refractivity (Wildman–Crippen MR) is 74.2 cm³/mol. The van der Waals surface area contributed by atoms with Crippen LogP contribution in [-0.2, 0) is 0 Å². The van der Waals surface area contributed by atoms with E-state index >= 15 is 0 Å². The maximum atomic E-state index is 8.88. The van der Waals surface area contributed by atoms with Crippen molar-refractivity contribution >= 4 is 22.1 Å². The van der Waals surface area contributed by atoms with Crippen LogP contribution in [0.5, 0.6) is 0 Å². The molecule has 1 atom stereocenters. The first kappa shape index (κ1) is 12.2. The Bertz CT molecular complexity index is 600. The molecule has 0 spiro atoms. The van der Waals surface area contributed by atoms with Crippen LogP contribution in [0.1, 0.15) is 6.92 Å². The van der Waals surface area contributed by atoms with Gasteiger partial charge in [-0.1, -0.05) is 0 Å². The molecule has 0 amide bonds. The van der Waals surface area contributed by atoms with Crippen molar-refractivity contribution in [3.05, 3.63) is 30.6 Å². The third kappa shape index (κ3) is 2.21. The lowest BCUT2D eigenvalue weighted by atomic mass is 10.1. The average molecular weight is 240 g/mol. The molecule has 0 bridgehead atoms. The quantitative estimate of drug-likeness (QED) is 0.837. The summed E-state index contributed by atoms with van der Waals surface area (Å²) in [5.41, 5.74) is 7.75. The molecule has 0 aliphatic carbocycles. The van der Waals surface area contributed by atoms with Crippen LogP contribution < -0.4 is 10.6 Å². The highest BCUT2D eigenvalue weighted by atomic mass is 15.1. The second-order valence-electron chi connectivity index (χ2n) is 4.51. The molecule has 4 heteroatoms. The van der Waals surface area contributed by atoms with Crippen LogP contribution in [0.2, 0.25) is 0 Å². The van der Waals surface area contributed by atoms with Crippen molar-refractivity contribution in [2.24, 2.45) is 5.92 Å². The fourth-order valence-electron chi connectivity index (χ4n) is 2.08. The Hall–Kier alpha value is -2.28. The standard InChI is InChI=1S/C14H16N4/c1-10(7-15)9-18(2)14-4-3-13(16)11-5-6-17-8-12(11)14/h3-6,8,10H,9,16H2,1-2H3. The van der Waals surface area contributed by atoms with Gasteiger partial charge in [-0.25, -0.2) is 0 Å². The summed E-state index contributed by atoms with van der Waals surface area (Å²) in [5.74, 6) is -0.0146. The van der Waals surface area contributed by atoms with Crippen molar-refractivity contribution in [2.75, 3.05) is 24.2 Å². The number of nitriles is 1. The highest BCUT2D eigenvalue weighted by Gasteiger charge is 2.10. The van der Waals surface area contributed by atoms with Crippen LogP contribution in [0.3, 0.4) is 0 Å². The van der Waals surface area contributed by atoms with E-state index in [2.05, 4.69) is 16.0 Å². The fourth-order valence-corrected chi connectivity index (χ4v) is 2.08. The zero-order valence-corrected chi connectivity index (χ0v) is 10.6. The highest BCUT2D eigenvalue weighted by Crippen LogP contribution is 2.29. The molecule has 0 saturated carbocycles. The normalized spacial score (nSPS) is 12.1. The number of benzene rings is 1. The maximum Gasteiger partial charge on any atom is 0.0671 e. The van der Waals surface area contributed by atoms with Crippen LogP contribution in [-0.4, -0.2) is 18.6 Å². The minimum atomic E-state index is -0.0146. The molecule has 1 heterocycles. The number of fused-ring (bicyclic) bond motifs is 1. The Balaban J connectivity index is 2.46. The summed E-state index contributed by atoms with van der Waals surface area (Å²) < 4.78 is 0. The predicted octanol–water partition coefficient (Wildman–Crippen LogP) is 2.41. The van der Waals surface area contributed by atoms with E-state index in [0.717, 1.165) is 22.1 Å². The molecule has 92 valence electrons. The van der Waals surface area contributed by atoms with Crippen molar-refractivity contribution < 1.29 is 0 Å². The molecule has 18 heavy (non-hydrogen) atoms. The van der Waals surface area contributed by atoms with E-state index in [4.69, 9.17) is 11.0 Å². The number of aromatic nitrogens is 1. The van der Waals surface area contributed by atoms with E-state index in [0.29, 0.717) is 6.54 Å². The minimum absolute atomic E-state index is 0.0146. The average Bonchev–Trinajstić information content (AvgIpc) is 2.39. The van der Waals surface area contributed by atoms with Crippen molar-refractivity contribution in [1.29, 1.82) is 5.26 Å². The monoisotopic (exact) mass is 240 g/mol. The molecule has 0 radical (unpaired) electrons. The fraction of sp³-hybridized carbons (Fsp3) is 0.286. The molecular formula is C14H16N4. The number of hydrogen-bond acceptors (Lipinski definition) is 4. The first-order chi connectivity index (χ1) is 8.63. The Morgan fingerprint density at radius 3 is 2.89 bits per heavy atom. The van der Waals surface area contributed by atoms with Crippen molar-refractivity contribution in [1.82, 2.24) is 4.98 Å². The molecule has 0 aliphatic heterocycles. The van der Waals surface area contributed by atoms with Gasteiger partial charge in [-0.15, -0.1) is 0 Å². The topological polar surface area (TPSA) is 65.9 Å². The number of rotatable bonds is 3. The lowest BCUT2D eigenvalue weighted by Gasteiger charge is -2.22. The second-order valence-corrected chi connectivity index (χ2v) is 4.51. The van der Waals surface area contributed by atoms with Gasteiger partial charge in [-0.05, 0) is 25.1 Å². The lowest BCUT2D eigenvalue weighted by Crippen LogP contribution is -2.23. The summed E-state index contributed by atoms with van der Waals surface area (Å²) in [5, 5.41) is 10.9. The summed E-state index contributed by atoms with van der Waals surface area (Å²) >= 11 is 0. The van der Waals surface area contributed by atoms with Crippen molar-refractivity contribution in [3.63, 3.8) is 0 Å². The summed E-state index contributed by atoms with van der Waals surface area (Å²) in [4.78, 5) is 6.22. The van der Waals surface area contributed by atoms with Gasteiger partial charge in [0.1, 0.15) is 0 Å². The molecule has 0 saturated heterocycles. The summed E-state index contributed by atoms with van der Waals surface area (Å²) in [6.45, 7) is 2.60. The van der Waals surface area contributed by atoms with Gasteiger partial charge >= 0.3 is 0 Å². The van der Waals surface area contributed by atoms with Gasteiger partial charge in [-0.3, -0.25) is 4.98 Å². The first-order valence-corrected chi connectivity index (χ1v) is 5.86. The molecule has 4 nitrogen and oxygen atoms in total. The Kier molecular flexibility index (Phi) is 3.33. The van der Waals surface area contributed by atoms with Crippen LogP contribution in [0.25, 0.3) is 10.8 Å². The van der Waals surface area contributed by atoms with Gasteiger partial charge in [0.15, 0.2) is 0 Å². The largest absolute Gasteiger partial charge is 0.398 e. The molecule has 2 N–H and O–H groups in total. The van der Waals surface area contributed by atoms with Crippen LogP contribution >= 0.6 is 0 Å². The Labute approximate surface area is 107 Å². The van der Waals surface area contributed by atoms with E-state index in [1.807, 2.05) is 38.4 Å². The number of anilines is 2. The first-order valence-electron chi connectivity index (χ1n) is 5.86. The maximum absolute atomic E-state index is 8.88. The number of nitrogens with zero attached hydrogens (tertiary/aromatic N) is 3. The van der Waals surface area contributed by atoms with E-state index in [9.17, 15) is 0 Å². The third-order valence-corrected chi connectivity index (χ3v) is 3.01. The van der Waals surface area contributed by atoms with Gasteiger partial charge in [0, 0.05) is 48.1 Å². The summed E-state index contributed by atoms with van der Waals surface area (Å²) in [6.07, 6.45) is 3.55. The number of hydrogen-bond donors (Lipinski definition) is 1. The molecular weight excluding hydrogens is 224 g/mol. The molecule has 1 aromatic heterocycles.